The van der Waals surface area contributed by atoms with E-state index in [-0.39, 0.29) is 12.2 Å². The second-order valence-corrected chi connectivity index (χ2v) is 5.86. The minimum absolute atomic E-state index is 0.0468. The Morgan fingerprint density at radius 3 is 3.00 bits per heavy atom. The maximum atomic E-state index is 12.0. The summed E-state index contributed by atoms with van der Waals surface area (Å²) in [5.74, 6) is 0.605. The SMILES string of the molecule is O=c1[nH]c(CN(CCO)Cc2cccnc2)nc2ccsc12. The van der Waals surface area contributed by atoms with Gasteiger partial charge in [0.05, 0.1) is 18.7 Å². The van der Waals surface area contributed by atoms with Crippen molar-refractivity contribution in [1.82, 2.24) is 19.9 Å². The number of pyridine rings is 1. The average molecular weight is 316 g/mol. The number of aliphatic hydroxyl groups excluding tert-OH is 1. The Kier molecular flexibility index (Phi) is 4.57. The van der Waals surface area contributed by atoms with Crippen LogP contribution in [0.25, 0.3) is 10.2 Å². The van der Waals surface area contributed by atoms with Gasteiger partial charge in [-0.2, -0.15) is 0 Å². The van der Waals surface area contributed by atoms with Crippen LogP contribution in [-0.2, 0) is 13.1 Å². The first-order valence-corrected chi connectivity index (χ1v) is 7.83. The number of H-pyrrole nitrogens is 1. The van der Waals surface area contributed by atoms with Crippen LogP contribution in [0.5, 0.6) is 0 Å². The van der Waals surface area contributed by atoms with Crippen molar-refractivity contribution in [2.24, 2.45) is 0 Å². The molecule has 2 N–H and O–H groups in total. The molecule has 0 fully saturated rings. The summed E-state index contributed by atoms with van der Waals surface area (Å²) in [4.78, 5) is 25.4. The molecule has 0 saturated carbocycles. The van der Waals surface area contributed by atoms with E-state index in [4.69, 9.17) is 0 Å². The molecule has 3 aromatic heterocycles. The molecule has 0 spiro atoms. The zero-order valence-corrected chi connectivity index (χ0v) is 12.7. The fraction of sp³-hybridized carbons (Fsp3) is 0.267. The average Bonchev–Trinajstić information content (AvgIpc) is 2.97. The number of nitrogens with zero attached hydrogens (tertiary/aromatic N) is 3. The Hall–Kier alpha value is -2.09. The van der Waals surface area contributed by atoms with Crippen LogP contribution in [0.1, 0.15) is 11.4 Å². The van der Waals surface area contributed by atoms with Crippen LogP contribution < -0.4 is 5.56 Å². The summed E-state index contributed by atoms with van der Waals surface area (Å²) in [5, 5.41) is 11.1. The van der Waals surface area contributed by atoms with Crippen LogP contribution in [0.2, 0.25) is 0 Å². The fourth-order valence-electron chi connectivity index (χ4n) is 2.31. The van der Waals surface area contributed by atoms with Gasteiger partial charge in [-0.05, 0) is 23.1 Å². The lowest BCUT2D eigenvalue weighted by atomic mass is 10.2. The van der Waals surface area contributed by atoms with Gasteiger partial charge in [-0.25, -0.2) is 4.98 Å². The van der Waals surface area contributed by atoms with E-state index in [0.717, 1.165) is 5.56 Å². The van der Waals surface area contributed by atoms with Gasteiger partial charge in [0.2, 0.25) is 0 Å². The second-order valence-electron chi connectivity index (χ2n) is 4.94. The molecule has 7 heteroatoms. The lowest BCUT2D eigenvalue weighted by Crippen LogP contribution is -2.28. The summed E-state index contributed by atoms with van der Waals surface area (Å²) >= 11 is 1.39. The number of thiophene rings is 1. The van der Waals surface area contributed by atoms with E-state index < -0.39 is 0 Å². The van der Waals surface area contributed by atoms with Gasteiger partial charge in [-0.1, -0.05) is 6.07 Å². The summed E-state index contributed by atoms with van der Waals surface area (Å²) in [6.45, 7) is 1.65. The molecule has 0 atom stereocenters. The van der Waals surface area contributed by atoms with Crippen molar-refractivity contribution in [2.75, 3.05) is 13.2 Å². The molecule has 0 aliphatic carbocycles. The molecular weight excluding hydrogens is 300 g/mol. The molecule has 22 heavy (non-hydrogen) atoms. The summed E-state index contributed by atoms with van der Waals surface area (Å²) in [5.41, 5.74) is 1.66. The Bertz CT molecular complexity index is 800. The van der Waals surface area contributed by atoms with Gasteiger partial charge < -0.3 is 10.1 Å². The highest BCUT2D eigenvalue weighted by Crippen LogP contribution is 2.14. The summed E-state index contributed by atoms with van der Waals surface area (Å²) in [6, 6.07) is 5.70. The van der Waals surface area contributed by atoms with Gasteiger partial charge in [-0.15, -0.1) is 11.3 Å². The van der Waals surface area contributed by atoms with Crippen molar-refractivity contribution >= 4 is 21.6 Å². The highest BCUT2D eigenvalue weighted by molar-refractivity contribution is 7.17. The Balaban J connectivity index is 1.81. The number of fused-ring (bicyclic) bond motifs is 1. The first kappa shape index (κ1) is 14.8. The van der Waals surface area contributed by atoms with Crippen molar-refractivity contribution in [1.29, 1.82) is 0 Å². The molecule has 0 saturated heterocycles. The highest BCUT2D eigenvalue weighted by atomic mass is 32.1. The van der Waals surface area contributed by atoms with E-state index in [2.05, 4.69) is 15.0 Å². The van der Waals surface area contributed by atoms with E-state index in [1.807, 2.05) is 28.5 Å². The minimum Gasteiger partial charge on any atom is -0.395 e. The highest BCUT2D eigenvalue weighted by Gasteiger charge is 2.11. The molecule has 0 amide bonds. The van der Waals surface area contributed by atoms with E-state index in [1.54, 1.807) is 12.4 Å². The number of rotatable bonds is 6. The van der Waals surface area contributed by atoms with Crippen molar-refractivity contribution in [3.8, 4) is 0 Å². The third-order valence-electron chi connectivity index (χ3n) is 3.28. The molecule has 0 aliphatic heterocycles. The van der Waals surface area contributed by atoms with E-state index >= 15 is 0 Å². The van der Waals surface area contributed by atoms with Gasteiger partial charge >= 0.3 is 0 Å². The van der Waals surface area contributed by atoms with Crippen LogP contribution in [0.3, 0.4) is 0 Å². The Morgan fingerprint density at radius 1 is 1.32 bits per heavy atom. The van der Waals surface area contributed by atoms with Crippen LogP contribution in [0, 0.1) is 0 Å². The van der Waals surface area contributed by atoms with Crippen LogP contribution in [0.4, 0.5) is 0 Å². The Morgan fingerprint density at radius 2 is 2.23 bits per heavy atom. The lowest BCUT2D eigenvalue weighted by molar-refractivity contribution is 0.181. The number of aromatic nitrogens is 3. The van der Waals surface area contributed by atoms with Crippen molar-refractivity contribution in [3.63, 3.8) is 0 Å². The smallest absolute Gasteiger partial charge is 0.268 e. The molecule has 0 bridgehead atoms. The van der Waals surface area contributed by atoms with Crippen LogP contribution >= 0.6 is 11.3 Å². The number of hydrogen-bond donors (Lipinski definition) is 2. The molecule has 6 nitrogen and oxygen atoms in total. The quantitative estimate of drug-likeness (QED) is 0.718. The van der Waals surface area contributed by atoms with Crippen LogP contribution in [-0.4, -0.2) is 38.1 Å². The standard InChI is InChI=1S/C15H16N4O2S/c20-6-5-19(9-11-2-1-4-16-8-11)10-13-17-12-3-7-22-14(12)15(21)18-13/h1-4,7-8,20H,5-6,9-10H2,(H,17,18,21). The number of aromatic amines is 1. The molecule has 114 valence electrons. The zero-order chi connectivity index (χ0) is 15.4. The van der Waals surface area contributed by atoms with Gasteiger partial charge in [0.25, 0.3) is 5.56 Å². The molecule has 0 unspecified atom stereocenters. The molecule has 3 heterocycles. The molecule has 0 aliphatic rings. The first-order valence-electron chi connectivity index (χ1n) is 6.95. The number of aliphatic hydroxyl groups is 1. The fourth-order valence-corrected chi connectivity index (χ4v) is 3.04. The van der Waals surface area contributed by atoms with E-state index in [1.165, 1.54) is 11.3 Å². The van der Waals surface area contributed by atoms with Gasteiger partial charge in [0.15, 0.2) is 0 Å². The molecule has 3 rings (SSSR count). The van der Waals surface area contributed by atoms with Gasteiger partial charge in [0.1, 0.15) is 10.5 Å². The Labute approximate surface area is 131 Å². The number of hydrogen-bond acceptors (Lipinski definition) is 6. The normalized spacial score (nSPS) is 11.4. The minimum atomic E-state index is -0.111. The predicted molar refractivity (Wildman–Crippen MR) is 85.7 cm³/mol. The predicted octanol–water partition coefficient (Wildman–Crippen LogP) is 1.37. The van der Waals surface area contributed by atoms with Gasteiger partial charge in [0, 0.05) is 25.5 Å². The van der Waals surface area contributed by atoms with E-state index in [0.29, 0.717) is 35.7 Å². The summed E-state index contributed by atoms with van der Waals surface area (Å²) < 4.78 is 0.643. The maximum Gasteiger partial charge on any atom is 0.268 e. The maximum absolute atomic E-state index is 12.0. The second kappa shape index (κ2) is 6.78. The first-order chi connectivity index (χ1) is 10.8. The lowest BCUT2D eigenvalue weighted by Gasteiger charge is -2.20. The number of nitrogens with one attached hydrogen (secondary N) is 1. The van der Waals surface area contributed by atoms with Gasteiger partial charge in [-0.3, -0.25) is 14.7 Å². The van der Waals surface area contributed by atoms with Crippen molar-refractivity contribution in [3.05, 3.63) is 57.7 Å². The largest absolute Gasteiger partial charge is 0.395 e. The van der Waals surface area contributed by atoms with Crippen molar-refractivity contribution in [2.45, 2.75) is 13.1 Å². The molecule has 3 aromatic rings. The molecule has 0 aromatic carbocycles. The third kappa shape index (κ3) is 3.38. The summed E-state index contributed by atoms with van der Waals surface area (Å²) in [7, 11) is 0. The topological polar surface area (TPSA) is 82.1 Å². The van der Waals surface area contributed by atoms with Crippen LogP contribution in [0.15, 0.2) is 40.8 Å². The van der Waals surface area contributed by atoms with Crippen molar-refractivity contribution < 1.29 is 5.11 Å². The molecule has 0 radical (unpaired) electrons. The zero-order valence-electron chi connectivity index (χ0n) is 11.9. The summed E-state index contributed by atoms with van der Waals surface area (Å²) in [6.07, 6.45) is 3.52. The molecular formula is C15H16N4O2S. The van der Waals surface area contributed by atoms with E-state index in [9.17, 15) is 9.90 Å². The third-order valence-corrected chi connectivity index (χ3v) is 4.18. The monoisotopic (exact) mass is 316 g/mol.